The van der Waals surface area contributed by atoms with Crippen LogP contribution in [0, 0.1) is 0 Å². The molecule has 0 spiro atoms. The number of anilines is 1. The Kier molecular flexibility index (Phi) is 5.29. The van der Waals surface area contributed by atoms with Crippen molar-refractivity contribution in [2.24, 2.45) is 5.73 Å². The van der Waals surface area contributed by atoms with E-state index in [1.54, 1.807) is 6.07 Å². The number of pyridine rings is 1. The minimum absolute atomic E-state index is 0.0428. The number of fused-ring (bicyclic) bond motifs is 1. The number of methoxy groups -OCH3 is 1. The first-order valence-electron chi connectivity index (χ1n) is 9.43. The summed E-state index contributed by atoms with van der Waals surface area (Å²) in [6, 6.07) is 9.07. The number of piperidine rings is 1. The second-order valence-corrected chi connectivity index (χ2v) is 7.58. The fraction of sp³-hybridized carbons (Fsp3) is 0.350. The molecule has 152 valence electrons. The van der Waals surface area contributed by atoms with Gasteiger partial charge in [0.1, 0.15) is 11.2 Å². The fourth-order valence-electron chi connectivity index (χ4n) is 3.75. The average molecular weight is 416 g/mol. The summed E-state index contributed by atoms with van der Waals surface area (Å²) in [7, 11) is 1.27. The molecule has 8 nitrogen and oxygen atoms in total. The summed E-state index contributed by atoms with van der Waals surface area (Å²) in [5.41, 5.74) is 7.50. The molecule has 0 bridgehead atoms. The third-order valence-electron chi connectivity index (χ3n) is 5.15. The van der Waals surface area contributed by atoms with E-state index < -0.39 is 11.5 Å². The number of nitrogens with one attached hydrogen (secondary N) is 1. The summed E-state index contributed by atoms with van der Waals surface area (Å²) in [6.07, 6.45) is 1.90. The molecule has 3 heterocycles. The maximum Gasteiger partial charge on any atom is 0.354 e. The van der Waals surface area contributed by atoms with Crippen molar-refractivity contribution in [2.75, 3.05) is 25.1 Å². The summed E-state index contributed by atoms with van der Waals surface area (Å²) in [5.74, 6) is 0.0220. The monoisotopic (exact) mass is 415 g/mol. The van der Waals surface area contributed by atoms with E-state index >= 15 is 0 Å². The van der Waals surface area contributed by atoms with Gasteiger partial charge >= 0.3 is 5.97 Å². The third kappa shape index (κ3) is 3.73. The number of benzene rings is 1. The van der Waals surface area contributed by atoms with Crippen LogP contribution in [0.5, 0.6) is 0 Å². The van der Waals surface area contributed by atoms with Crippen LogP contribution >= 0.6 is 11.6 Å². The van der Waals surface area contributed by atoms with Crippen molar-refractivity contribution in [3.8, 4) is 0 Å². The quantitative estimate of drug-likeness (QED) is 0.632. The zero-order valence-corrected chi connectivity index (χ0v) is 16.8. The minimum Gasteiger partial charge on any atom is -0.464 e. The number of esters is 1. The molecule has 1 atom stereocenters. The zero-order valence-electron chi connectivity index (χ0n) is 16.0. The highest BCUT2D eigenvalue weighted by Crippen LogP contribution is 2.26. The van der Waals surface area contributed by atoms with Crippen LogP contribution < -0.4 is 16.2 Å². The normalized spacial score (nSPS) is 16.9. The first kappa shape index (κ1) is 19.5. The van der Waals surface area contributed by atoms with Crippen LogP contribution in [0.1, 0.15) is 28.9 Å². The van der Waals surface area contributed by atoms with Crippen LogP contribution in [0.2, 0.25) is 5.02 Å². The number of aromatic amines is 1. The topological polar surface area (TPSA) is 106 Å². The van der Waals surface area contributed by atoms with Gasteiger partial charge in [-0.25, -0.2) is 9.78 Å². The van der Waals surface area contributed by atoms with Crippen molar-refractivity contribution < 1.29 is 9.53 Å². The van der Waals surface area contributed by atoms with Gasteiger partial charge in [-0.2, -0.15) is 0 Å². The van der Waals surface area contributed by atoms with Crippen molar-refractivity contribution in [3.63, 3.8) is 0 Å². The molecular formula is C20H22ClN5O3. The molecule has 0 saturated carbocycles. The molecule has 4 rings (SSSR count). The summed E-state index contributed by atoms with van der Waals surface area (Å²) in [6.45, 7) is 1.81. The van der Waals surface area contributed by atoms with E-state index in [-0.39, 0.29) is 11.7 Å². The Hall–Kier alpha value is -2.84. The summed E-state index contributed by atoms with van der Waals surface area (Å²) >= 11 is 6.36. The zero-order chi connectivity index (χ0) is 20.5. The van der Waals surface area contributed by atoms with Crippen molar-refractivity contribution in [1.82, 2.24) is 14.5 Å². The van der Waals surface area contributed by atoms with Crippen LogP contribution in [0.25, 0.3) is 11.0 Å². The van der Waals surface area contributed by atoms with Crippen LogP contribution in [0.3, 0.4) is 0 Å². The number of hydrogen-bond acceptors (Lipinski definition) is 6. The van der Waals surface area contributed by atoms with Gasteiger partial charge in [0.2, 0.25) is 5.95 Å². The van der Waals surface area contributed by atoms with Crippen LogP contribution in [0.4, 0.5) is 5.95 Å². The first-order chi connectivity index (χ1) is 14.0. The Bertz CT molecular complexity index is 1120. The standard InChI is InChI=1S/C20H22ClN5O3/c1-29-19(28)16-9-15-17(18(27)23-16)26(10-12-5-2-3-7-14(12)21)20(24-15)25-8-4-6-13(22)11-25/h2-3,5,7,9,13H,4,6,8,10-11,22H2,1H3,(H,23,27)/t13-/m1/s1. The fourth-order valence-corrected chi connectivity index (χ4v) is 3.95. The van der Waals surface area contributed by atoms with E-state index in [4.69, 9.17) is 27.1 Å². The minimum atomic E-state index is -0.619. The Morgan fingerprint density at radius 1 is 1.41 bits per heavy atom. The van der Waals surface area contributed by atoms with Gasteiger partial charge in [0.15, 0.2) is 0 Å². The molecule has 0 unspecified atom stereocenters. The molecular weight excluding hydrogens is 394 g/mol. The molecule has 9 heteroatoms. The predicted molar refractivity (Wildman–Crippen MR) is 112 cm³/mol. The number of aromatic nitrogens is 3. The molecule has 0 aliphatic carbocycles. The Morgan fingerprint density at radius 2 is 2.21 bits per heavy atom. The number of rotatable bonds is 4. The van der Waals surface area contributed by atoms with Crippen molar-refractivity contribution >= 4 is 34.6 Å². The van der Waals surface area contributed by atoms with E-state index in [1.807, 2.05) is 28.8 Å². The highest BCUT2D eigenvalue weighted by Gasteiger charge is 2.25. The second kappa shape index (κ2) is 7.88. The maximum absolute atomic E-state index is 12.9. The lowest BCUT2D eigenvalue weighted by Gasteiger charge is -2.32. The van der Waals surface area contributed by atoms with Gasteiger partial charge in [-0.05, 0) is 30.5 Å². The van der Waals surface area contributed by atoms with Crippen LogP contribution in [-0.4, -0.2) is 46.7 Å². The van der Waals surface area contributed by atoms with E-state index in [9.17, 15) is 9.59 Å². The molecule has 1 saturated heterocycles. The molecule has 1 aromatic carbocycles. The van der Waals surface area contributed by atoms with Gasteiger partial charge in [0.25, 0.3) is 5.56 Å². The number of imidazole rings is 1. The largest absolute Gasteiger partial charge is 0.464 e. The van der Waals surface area contributed by atoms with E-state index in [0.29, 0.717) is 35.1 Å². The number of halogens is 1. The molecule has 1 fully saturated rings. The van der Waals surface area contributed by atoms with Crippen molar-refractivity contribution in [3.05, 3.63) is 57.0 Å². The van der Waals surface area contributed by atoms with Gasteiger partial charge in [0, 0.05) is 24.2 Å². The molecule has 0 amide bonds. The van der Waals surface area contributed by atoms with Gasteiger partial charge in [-0.3, -0.25) is 4.79 Å². The SMILES string of the molecule is COC(=O)c1cc2nc(N3CCC[C@@H](N)C3)n(Cc3ccccc3Cl)c2c(=O)[nH]1. The highest BCUT2D eigenvalue weighted by molar-refractivity contribution is 6.31. The lowest BCUT2D eigenvalue weighted by Crippen LogP contribution is -2.44. The van der Waals surface area contributed by atoms with E-state index in [2.05, 4.69) is 9.88 Å². The highest BCUT2D eigenvalue weighted by atomic mass is 35.5. The lowest BCUT2D eigenvalue weighted by atomic mass is 10.1. The number of ether oxygens (including phenoxy) is 1. The van der Waals surface area contributed by atoms with Gasteiger partial charge in [-0.1, -0.05) is 29.8 Å². The third-order valence-corrected chi connectivity index (χ3v) is 5.52. The second-order valence-electron chi connectivity index (χ2n) is 7.18. The van der Waals surface area contributed by atoms with Crippen LogP contribution in [-0.2, 0) is 11.3 Å². The average Bonchev–Trinajstić information content (AvgIpc) is 3.08. The van der Waals surface area contributed by atoms with Crippen molar-refractivity contribution in [1.29, 1.82) is 0 Å². The van der Waals surface area contributed by atoms with Crippen molar-refractivity contribution in [2.45, 2.75) is 25.4 Å². The summed E-state index contributed by atoms with van der Waals surface area (Å²) < 4.78 is 6.57. The maximum atomic E-state index is 12.9. The Morgan fingerprint density at radius 3 is 2.93 bits per heavy atom. The number of carbonyl (C=O) groups excluding carboxylic acids is 1. The number of H-pyrrole nitrogens is 1. The number of nitrogens with two attached hydrogens (primary N) is 1. The van der Waals surface area contributed by atoms with E-state index in [0.717, 1.165) is 24.9 Å². The Balaban J connectivity index is 1.89. The summed E-state index contributed by atoms with van der Waals surface area (Å²) in [4.78, 5) is 34.2. The molecule has 2 aromatic heterocycles. The molecule has 29 heavy (non-hydrogen) atoms. The van der Waals surface area contributed by atoms with Gasteiger partial charge in [0.05, 0.1) is 19.2 Å². The molecule has 1 aliphatic heterocycles. The molecule has 3 aromatic rings. The number of carbonyl (C=O) groups is 1. The first-order valence-corrected chi connectivity index (χ1v) is 9.81. The summed E-state index contributed by atoms with van der Waals surface area (Å²) in [5, 5.41) is 0.609. The van der Waals surface area contributed by atoms with E-state index in [1.165, 1.54) is 7.11 Å². The molecule has 0 radical (unpaired) electrons. The smallest absolute Gasteiger partial charge is 0.354 e. The van der Waals surface area contributed by atoms with Crippen LogP contribution in [0.15, 0.2) is 35.1 Å². The predicted octanol–water partition coefficient (Wildman–Crippen LogP) is 2.14. The molecule has 3 N–H and O–H groups in total. The Labute approximate surface area is 172 Å². The van der Waals surface area contributed by atoms with Gasteiger partial charge < -0.3 is 24.9 Å². The number of nitrogens with zero attached hydrogens (tertiary/aromatic N) is 3. The molecule has 1 aliphatic rings. The van der Waals surface area contributed by atoms with Gasteiger partial charge in [-0.15, -0.1) is 0 Å². The lowest BCUT2D eigenvalue weighted by molar-refractivity contribution is 0.0594. The number of hydrogen-bond donors (Lipinski definition) is 2.